The van der Waals surface area contributed by atoms with E-state index in [9.17, 15) is 0 Å². The van der Waals surface area contributed by atoms with Gasteiger partial charge in [-0.1, -0.05) is 103 Å². The van der Waals surface area contributed by atoms with E-state index in [4.69, 9.17) is 5.73 Å². The van der Waals surface area contributed by atoms with Crippen molar-refractivity contribution in [3.63, 3.8) is 0 Å². The second kappa shape index (κ2) is 17.3. The summed E-state index contributed by atoms with van der Waals surface area (Å²) in [7, 11) is 2.19. The molecule has 152 valence electrons. The minimum absolute atomic E-state index is 0.0657. The second-order valence-electron chi connectivity index (χ2n) is 9.03. The van der Waals surface area contributed by atoms with Crippen molar-refractivity contribution in [2.75, 3.05) is 20.1 Å². The third kappa shape index (κ3) is 21.9. The number of likely N-dealkylation sites (N-methyl/N-ethyl adjacent to an activating group) is 1. The number of hydrogen-bond donors (Lipinski definition) is 1. The number of unbranched alkanes of at least 4 members (excludes halogenated alkanes) is 15. The molecule has 0 fully saturated rings. The summed E-state index contributed by atoms with van der Waals surface area (Å²) in [5.41, 5.74) is 5.99. The first-order valence-corrected chi connectivity index (χ1v) is 11.4. The maximum absolute atomic E-state index is 6.06. The first kappa shape index (κ1) is 24.9. The molecule has 0 spiro atoms. The molecular weight excluding hydrogens is 304 g/mol. The van der Waals surface area contributed by atoms with Crippen molar-refractivity contribution in [3.8, 4) is 0 Å². The fourth-order valence-corrected chi connectivity index (χ4v) is 3.70. The Morgan fingerprint density at radius 1 is 0.600 bits per heavy atom. The zero-order valence-electron chi connectivity index (χ0n) is 18.3. The zero-order valence-corrected chi connectivity index (χ0v) is 18.3. The Morgan fingerprint density at radius 2 is 0.920 bits per heavy atom. The first-order chi connectivity index (χ1) is 12.0. The summed E-state index contributed by atoms with van der Waals surface area (Å²) in [6, 6.07) is 0. The van der Waals surface area contributed by atoms with Gasteiger partial charge in [0.1, 0.15) is 0 Å². The summed E-state index contributed by atoms with van der Waals surface area (Å²) < 4.78 is 0. The lowest BCUT2D eigenvalue weighted by atomic mass is 10.0. The Kier molecular flexibility index (Phi) is 17.3. The molecule has 2 heteroatoms. The molecule has 0 aliphatic rings. The van der Waals surface area contributed by atoms with Gasteiger partial charge in [0.2, 0.25) is 0 Å². The van der Waals surface area contributed by atoms with Crippen LogP contribution in [-0.2, 0) is 0 Å². The van der Waals surface area contributed by atoms with Crippen LogP contribution in [0.3, 0.4) is 0 Å². The van der Waals surface area contributed by atoms with Crippen molar-refractivity contribution in [2.45, 2.75) is 129 Å². The maximum atomic E-state index is 6.06. The van der Waals surface area contributed by atoms with Gasteiger partial charge in [0.25, 0.3) is 0 Å². The molecule has 0 aliphatic carbocycles. The van der Waals surface area contributed by atoms with Gasteiger partial charge in [-0.3, -0.25) is 0 Å². The van der Waals surface area contributed by atoms with E-state index >= 15 is 0 Å². The van der Waals surface area contributed by atoms with Crippen LogP contribution in [0.5, 0.6) is 0 Å². The lowest BCUT2D eigenvalue weighted by Gasteiger charge is -2.26. The molecule has 0 unspecified atom stereocenters. The molecule has 0 amide bonds. The van der Waals surface area contributed by atoms with Crippen LogP contribution in [0.25, 0.3) is 0 Å². The minimum atomic E-state index is -0.0657. The Labute approximate surface area is 160 Å². The van der Waals surface area contributed by atoms with Crippen molar-refractivity contribution in [3.05, 3.63) is 0 Å². The Bertz CT molecular complexity index is 257. The quantitative estimate of drug-likeness (QED) is 0.255. The number of nitrogens with zero attached hydrogens (tertiary/aromatic N) is 1. The fraction of sp³-hybridized carbons (Fsp3) is 1.00. The monoisotopic (exact) mass is 354 g/mol. The summed E-state index contributed by atoms with van der Waals surface area (Å²) in [6.45, 7) is 8.70. The SMILES string of the molecule is CCCCCCCCCCCCCCCCCCN(C)CC(C)(C)N. The van der Waals surface area contributed by atoms with E-state index in [1.54, 1.807) is 0 Å². The zero-order chi connectivity index (χ0) is 18.8. The van der Waals surface area contributed by atoms with Crippen LogP contribution < -0.4 is 5.73 Å². The smallest absolute Gasteiger partial charge is 0.0225 e. The summed E-state index contributed by atoms with van der Waals surface area (Å²) in [5.74, 6) is 0. The number of rotatable bonds is 19. The average Bonchev–Trinajstić information content (AvgIpc) is 2.53. The second-order valence-corrected chi connectivity index (χ2v) is 9.03. The van der Waals surface area contributed by atoms with Gasteiger partial charge in [-0.05, 0) is 33.9 Å². The van der Waals surface area contributed by atoms with Crippen LogP contribution >= 0.6 is 0 Å². The average molecular weight is 355 g/mol. The summed E-state index contributed by atoms with van der Waals surface area (Å²) in [5, 5.41) is 0. The molecule has 0 atom stereocenters. The molecule has 0 heterocycles. The molecule has 0 aromatic rings. The molecule has 0 aromatic heterocycles. The number of hydrogen-bond acceptors (Lipinski definition) is 2. The van der Waals surface area contributed by atoms with Gasteiger partial charge in [0.05, 0.1) is 0 Å². The summed E-state index contributed by atoms with van der Waals surface area (Å²) in [4.78, 5) is 2.38. The highest BCUT2D eigenvalue weighted by Gasteiger charge is 2.12. The Morgan fingerprint density at radius 3 is 1.24 bits per heavy atom. The highest BCUT2D eigenvalue weighted by molar-refractivity contribution is 4.75. The van der Waals surface area contributed by atoms with Gasteiger partial charge < -0.3 is 10.6 Å². The van der Waals surface area contributed by atoms with Crippen molar-refractivity contribution in [2.24, 2.45) is 5.73 Å². The Hall–Kier alpha value is -0.0800. The van der Waals surface area contributed by atoms with E-state index in [2.05, 4.69) is 32.7 Å². The molecular formula is C23H50N2. The third-order valence-electron chi connectivity index (χ3n) is 5.07. The highest BCUT2D eigenvalue weighted by atomic mass is 15.1. The lowest BCUT2D eigenvalue weighted by molar-refractivity contribution is 0.264. The Balaban J connectivity index is 3.12. The van der Waals surface area contributed by atoms with Crippen molar-refractivity contribution < 1.29 is 0 Å². The highest BCUT2D eigenvalue weighted by Crippen LogP contribution is 2.13. The van der Waals surface area contributed by atoms with Crippen LogP contribution in [0.1, 0.15) is 124 Å². The van der Waals surface area contributed by atoms with Crippen molar-refractivity contribution >= 4 is 0 Å². The molecule has 0 rings (SSSR count). The van der Waals surface area contributed by atoms with E-state index in [0.29, 0.717) is 0 Å². The lowest BCUT2D eigenvalue weighted by Crippen LogP contribution is -2.44. The summed E-state index contributed by atoms with van der Waals surface area (Å²) >= 11 is 0. The van der Waals surface area contributed by atoms with Gasteiger partial charge in [0, 0.05) is 12.1 Å². The first-order valence-electron chi connectivity index (χ1n) is 11.4. The molecule has 25 heavy (non-hydrogen) atoms. The number of nitrogens with two attached hydrogens (primary N) is 1. The van der Waals surface area contributed by atoms with Crippen molar-refractivity contribution in [1.29, 1.82) is 0 Å². The molecule has 2 nitrogen and oxygen atoms in total. The van der Waals surface area contributed by atoms with Crippen LogP contribution in [0.15, 0.2) is 0 Å². The van der Waals surface area contributed by atoms with Gasteiger partial charge >= 0.3 is 0 Å². The van der Waals surface area contributed by atoms with Crippen molar-refractivity contribution in [1.82, 2.24) is 4.90 Å². The third-order valence-corrected chi connectivity index (χ3v) is 5.07. The predicted molar refractivity (Wildman–Crippen MR) is 115 cm³/mol. The van der Waals surface area contributed by atoms with E-state index in [1.165, 1.54) is 109 Å². The van der Waals surface area contributed by atoms with Crippen LogP contribution in [0, 0.1) is 0 Å². The van der Waals surface area contributed by atoms with Gasteiger partial charge in [-0.15, -0.1) is 0 Å². The molecule has 2 N–H and O–H groups in total. The van der Waals surface area contributed by atoms with Crippen LogP contribution in [0.2, 0.25) is 0 Å². The minimum Gasteiger partial charge on any atom is -0.324 e. The van der Waals surface area contributed by atoms with Gasteiger partial charge in [-0.25, -0.2) is 0 Å². The largest absolute Gasteiger partial charge is 0.324 e. The van der Waals surface area contributed by atoms with Crippen LogP contribution in [-0.4, -0.2) is 30.6 Å². The molecule has 0 bridgehead atoms. The van der Waals surface area contributed by atoms with E-state index in [-0.39, 0.29) is 5.54 Å². The summed E-state index contributed by atoms with van der Waals surface area (Å²) in [6.07, 6.45) is 23.0. The van der Waals surface area contributed by atoms with Gasteiger partial charge in [-0.2, -0.15) is 0 Å². The topological polar surface area (TPSA) is 29.3 Å². The van der Waals surface area contributed by atoms with Gasteiger partial charge in [0.15, 0.2) is 0 Å². The predicted octanol–water partition coefficient (Wildman–Crippen LogP) is 6.92. The van der Waals surface area contributed by atoms with E-state index < -0.39 is 0 Å². The van der Waals surface area contributed by atoms with E-state index in [1.807, 2.05) is 0 Å². The molecule has 0 aliphatic heterocycles. The molecule has 0 aromatic carbocycles. The maximum Gasteiger partial charge on any atom is 0.0225 e. The standard InChI is InChI=1S/C23H50N2/c1-5-6-7-8-9-10-11-12-13-14-15-16-17-18-19-20-21-25(4)22-23(2,3)24/h5-22,24H2,1-4H3. The fourth-order valence-electron chi connectivity index (χ4n) is 3.70. The molecule has 0 saturated heterocycles. The van der Waals surface area contributed by atoms with Crippen LogP contribution in [0.4, 0.5) is 0 Å². The van der Waals surface area contributed by atoms with E-state index in [0.717, 1.165) is 6.54 Å². The normalized spacial score (nSPS) is 12.2. The molecule has 0 saturated carbocycles. The molecule has 0 radical (unpaired) electrons.